The summed E-state index contributed by atoms with van der Waals surface area (Å²) in [7, 11) is 5.71. The molecule has 0 radical (unpaired) electrons. The van der Waals surface area contributed by atoms with Gasteiger partial charge in [-0.3, -0.25) is 0 Å². The Labute approximate surface area is 90.5 Å². The van der Waals surface area contributed by atoms with E-state index in [9.17, 15) is 15.2 Å². The zero-order chi connectivity index (χ0) is 10.0. The number of nitro benzene ring substituents is 1. The normalized spacial score (nSPS) is 9.38. The topological polar surface area (TPSA) is 63.4 Å². The molecule has 0 saturated heterocycles. The molecule has 1 aromatic carbocycles. The van der Waals surface area contributed by atoms with Crippen LogP contribution in [0.1, 0.15) is 5.56 Å². The van der Waals surface area contributed by atoms with Crippen LogP contribution >= 0.6 is 8.25 Å². The van der Waals surface area contributed by atoms with E-state index in [1.54, 1.807) is 6.92 Å². The summed E-state index contributed by atoms with van der Waals surface area (Å²) in [6.07, 6.45) is 0. The second-order valence-corrected chi connectivity index (χ2v) is 8.75. The Kier molecular flexibility index (Phi) is 3.50. The van der Waals surface area contributed by atoms with Gasteiger partial charge in [0.2, 0.25) is 0 Å². The van der Waals surface area contributed by atoms with Gasteiger partial charge < -0.3 is 0 Å². The summed E-state index contributed by atoms with van der Waals surface area (Å²) in [5.41, 5.74) is 0.598. The van der Waals surface area contributed by atoms with Crippen molar-refractivity contribution in [2.24, 2.45) is 0 Å². The molecule has 0 fully saturated rings. The molecular weight excluding hydrogens is 382 g/mol. The minimum absolute atomic E-state index is 0.00543. The van der Waals surface area contributed by atoms with Gasteiger partial charge in [-0.2, -0.15) is 0 Å². The van der Waals surface area contributed by atoms with Crippen LogP contribution in [0.25, 0.3) is 0 Å². The van der Waals surface area contributed by atoms with Crippen molar-refractivity contribution in [1.29, 1.82) is 0 Å². The predicted octanol–water partition coefficient (Wildman–Crippen LogP) is 1.47. The van der Waals surface area contributed by atoms with E-state index in [-0.39, 0.29) is 11.4 Å². The first-order valence-corrected chi connectivity index (χ1v) is 13.1. The number of halogens is 1. The van der Waals surface area contributed by atoms with Gasteiger partial charge in [0.25, 0.3) is 0 Å². The molecule has 13 heavy (non-hydrogen) atoms. The number of nitro groups is 1. The van der Waals surface area contributed by atoms with Crippen molar-refractivity contribution < 1.29 is 33.4 Å². The first-order valence-electron chi connectivity index (χ1n) is 3.59. The third kappa shape index (κ3) is 2.11. The Hall–Kier alpha value is -0.355. The molecule has 0 aliphatic heterocycles. The number of aryl methyl sites for hydroxylation is 1. The van der Waals surface area contributed by atoms with E-state index in [0.29, 0.717) is 8.64 Å². The van der Waals surface area contributed by atoms with E-state index < -0.39 is 28.3 Å². The van der Waals surface area contributed by atoms with Crippen molar-refractivity contribution in [2.45, 2.75) is 6.92 Å². The number of rotatable bonds is 2. The van der Waals surface area contributed by atoms with Gasteiger partial charge in [-0.15, -0.1) is 0 Å². The maximum absolute atomic E-state index is 10.5. The van der Waals surface area contributed by atoms with Crippen molar-refractivity contribution in [3.05, 3.63) is 27.8 Å². The first-order chi connectivity index (χ1) is 6.07. The fraction of sp³-hybridized carbons (Fsp3) is 0.143. The molecule has 66 valence electrons. The molecular formula is C7H6ClHgNO3. The van der Waals surface area contributed by atoms with E-state index >= 15 is 0 Å². The van der Waals surface area contributed by atoms with Gasteiger partial charge in [-0.05, 0) is 0 Å². The standard InChI is InChI=1S/C7H6NO3.ClH.Hg/c1-5-2-3-6(8(10)11)4-7(5)9;;/h2-3,9H,1H3;1H;/q;;+1/p-1. The van der Waals surface area contributed by atoms with Gasteiger partial charge >= 0.3 is 90.9 Å². The molecule has 0 heterocycles. The molecule has 4 nitrogen and oxygen atoms in total. The molecule has 0 aromatic heterocycles. The second kappa shape index (κ2) is 4.24. The molecule has 0 aliphatic carbocycles. The Morgan fingerprint density at radius 3 is 2.69 bits per heavy atom. The fourth-order valence-corrected chi connectivity index (χ4v) is 6.43. The number of phenols is 1. The van der Waals surface area contributed by atoms with Crippen LogP contribution in [0, 0.1) is 17.0 Å². The molecule has 0 unspecified atom stereocenters. The molecule has 0 amide bonds. The van der Waals surface area contributed by atoms with Crippen LogP contribution in [-0.4, -0.2) is 10.0 Å². The minimum atomic E-state index is -1.96. The van der Waals surface area contributed by atoms with Crippen LogP contribution < -0.4 is 3.07 Å². The number of hydrogen-bond donors (Lipinski definition) is 1. The van der Waals surface area contributed by atoms with Gasteiger partial charge in [-0.25, -0.2) is 0 Å². The van der Waals surface area contributed by atoms with Crippen molar-refractivity contribution in [2.75, 3.05) is 0 Å². The Bertz CT molecular complexity index is 356. The van der Waals surface area contributed by atoms with E-state index in [4.69, 9.17) is 8.25 Å². The Morgan fingerprint density at radius 2 is 2.23 bits per heavy atom. The van der Waals surface area contributed by atoms with E-state index in [2.05, 4.69) is 0 Å². The number of nitrogens with zero attached hydrogens (tertiary/aromatic N) is 1. The summed E-state index contributed by atoms with van der Waals surface area (Å²) in [6.45, 7) is 1.70. The SMILES string of the molecule is Cc1ccc([N+](=O)[O-])[c]([Hg][Cl])c1O. The summed E-state index contributed by atoms with van der Waals surface area (Å²) in [5, 5.41) is 20.0. The molecule has 0 spiro atoms. The number of hydrogen-bond acceptors (Lipinski definition) is 3. The molecule has 1 aromatic rings. The summed E-state index contributed by atoms with van der Waals surface area (Å²) in [5.74, 6) is 0.00543. The summed E-state index contributed by atoms with van der Waals surface area (Å²) < 4.78 is 0.395. The van der Waals surface area contributed by atoms with Crippen molar-refractivity contribution in [1.82, 2.24) is 0 Å². The quantitative estimate of drug-likeness (QED) is 0.474. The van der Waals surface area contributed by atoms with Gasteiger partial charge in [0.15, 0.2) is 0 Å². The predicted molar refractivity (Wildman–Crippen MR) is 45.0 cm³/mol. The van der Waals surface area contributed by atoms with Crippen molar-refractivity contribution in [3.63, 3.8) is 0 Å². The Morgan fingerprint density at radius 1 is 1.62 bits per heavy atom. The molecule has 1 N–H and O–H groups in total. The molecule has 6 heteroatoms. The zero-order valence-electron chi connectivity index (χ0n) is 6.95. The van der Waals surface area contributed by atoms with Crippen LogP contribution in [0.4, 0.5) is 5.69 Å². The number of aromatic hydroxyl groups is 1. The average Bonchev–Trinajstić information content (AvgIpc) is 2.09. The number of phenolic OH excluding ortho intramolecular Hbond substituents is 1. The molecule has 0 saturated carbocycles. The van der Waals surface area contributed by atoms with Gasteiger partial charge in [-0.1, -0.05) is 0 Å². The van der Waals surface area contributed by atoms with E-state index in [1.165, 1.54) is 12.1 Å². The van der Waals surface area contributed by atoms with Crippen LogP contribution in [0.3, 0.4) is 0 Å². The van der Waals surface area contributed by atoms with Gasteiger partial charge in [0.1, 0.15) is 0 Å². The first kappa shape index (κ1) is 10.7. The summed E-state index contributed by atoms with van der Waals surface area (Å²) in [4.78, 5) is 10.0. The van der Waals surface area contributed by atoms with Crippen LogP contribution in [0.5, 0.6) is 5.75 Å². The monoisotopic (exact) mass is 389 g/mol. The fourth-order valence-electron chi connectivity index (χ4n) is 1.05. The van der Waals surface area contributed by atoms with Crippen molar-refractivity contribution >= 4 is 17.0 Å². The zero-order valence-corrected chi connectivity index (χ0v) is 13.2. The average molecular weight is 388 g/mol. The third-order valence-corrected chi connectivity index (χ3v) is 7.88. The van der Waals surface area contributed by atoms with E-state index in [0.717, 1.165) is 0 Å². The molecule has 0 aliphatic rings. The second-order valence-electron chi connectivity index (χ2n) is 2.62. The van der Waals surface area contributed by atoms with Crippen LogP contribution in [0.2, 0.25) is 0 Å². The maximum atomic E-state index is 10.5. The number of benzene rings is 1. The van der Waals surface area contributed by atoms with E-state index in [1.807, 2.05) is 0 Å². The van der Waals surface area contributed by atoms with Crippen molar-refractivity contribution in [3.8, 4) is 5.75 Å². The van der Waals surface area contributed by atoms with Crippen LogP contribution in [0.15, 0.2) is 12.1 Å². The third-order valence-electron chi connectivity index (χ3n) is 1.79. The Balaban J connectivity index is 3.38. The van der Waals surface area contributed by atoms with Gasteiger partial charge in [0, 0.05) is 0 Å². The summed E-state index contributed by atoms with van der Waals surface area (Å²) in [6, 6.07) is 2.92. The van der Waals surface area contributed by atoms with Crippen LogP contribution in [-0.2, 0) is 23.3 Å². The molecule has 1 rings (SSSR count). The summed E-state index contributed by atoms with van der Waals surface area (Å²) >= 11 is -1.96. The molecule has 0 atom stereocenters. The molecule has 0 bridgehead atoms. The van der Waals surface area contributed by atoms with Gasteiger partial charge in [0.05, 0.1) is 0 Å².